The van der Waals surface area contributed by atoms with Crippen LogP contribution in [0.25, 0.3) is 0 Å². The number of hydrogen-bond donors (Lipinski definition) is 3. The molecule has 0 bridgehead atoms. The Bertz CT molecular complexity index is 356. The van der Waals surface area contributed by atoms with Crippen molar-refractivity contribution in [2.45, 2.75) is 32.7 Å². The van der Waals surface area contributed by atoms with Crippen molar-refractivity contribution in [3.8, 4) is 0 Å². The Morgan fingerprint density at radius 3 is 2.89 bits per heavy atom. The van der Waals surface area contributed by atoms with Gasteiger partial charge in [-0.15, -0.1) is 0 Å². The van der Waals surface area contributed by atoms with Crippen LogP contribution in [0.15, 0.2) is 16.7 Å². The first-order chi connectivity index (χ1) is 8.69. The fourth-order valence-corrected chi connectivity index (χ4v) is 2.00. The molecule has 0 saturated carbocycles. The zero-order valence-electron chi connectivity index (χ0n) is 10.7. The van der Waals surface area contributed by atoms with Crippen LogP contribution in [0.2, 0.25) is 0 Å². The second-order valence-electron chi connectivity index (χ2n) is 4.36. The average molecular weight is 255 g/mol. The standard InChI is InChI=1S/C13H21NO4/c1-2-3-10(4-6-15)8-14-9-12-11(13(16)17)5-7-18-12/h5,7,10,14-15H,2-4,6,8-9H2,1H3,(H,16,17). The van der Waals surface area contributed by atoms with Crippen molar-refractivity contribution in [1.82, 2.24) is 5.32 Å². The van der Waals surface area contributed by atoms with E-state index in [2.05, 4.69) is 12.2 Å². The molecule has 5 heteroatoms. The summed E-state index contributed by atoms with van der Waals surface area (Å²) in [6, 6.07) is 1.45. The molecule has 0 aliphatic carbocycles. The smallest absolute Gasteiger partial charge is 0.339 e. The number of rotatable bonds is 9. The van der Waals surface area contributed by atoms with Crippen molar-refractivity contribution in [2.24, 2.45) is 5.92 Å². The van der Waals surface area contributed by atoms with Gasteiger partial charge in [0.15, 0.2) is 0 Å². The Balaban J connectivity index is 2.39. The van der Waals surface area contributed by atoms with Gasteiger partial charge in [0.1, 0.15) is 11.3 Å². The first-order valence-corrected chi connectivity index (χ1v) is 6.30. The van der Waals surface area contributed by atoms with E-state index in [-0.39, 0.29) is 12.2 Å². The predicted molar refractivity (Wildman–Crippen MR) is 67.5 cm³/mol. The molecule has 0 aliphatic heterocycles. The maximum absolute atomic E-state index is 10.9. The summed E-state index contributed by atoms with van der Waals surface area (Å²) < 4.78 is 5.13. The van der Waals surface area contributed by atoms with Crippen LogP contribution in [-0.2, 0) is 6.54 Å². The molecular weight excluding hydrogens is 234 g/mol. The van der Waals surface area contributed by atoms with Crippen LogP contribution in [0, 0.1) is 5.92 Å². The third-order valence-electron chi connectivity index (χ3n) is 2.93. The number of carboxylic acid groups (broad SMARTS) is 1. The van der Waals surface area contributed by atoms with Crippen LogP contribution in [0.4, 0.5) is 0 Å². The van der Waals surface area contributed by atoms with Crippen molar-refractivity contribution in [1.29, 1.82) is 0 Å². The molecule has 0 saturated heterocycles. The van der Waals surface area contributed by atoms with Crippen molar-refractivity contribution in [2.75, 3.05) is 13.2 Å². The van der Waals surface area contributed by atoms with E-state index in [1.54, 1.807) is 0 Å². The topological polar surface area (TPSA) is 82.7 Å². The lowest BCUT2D eigenvalue weighted by Gasteiger charge is -2.15. The van der Waals surface area contributed by atoms with Crippen LogP contribution >= 0.6 is 0 Å². The molecule has 1 atom stereocenters. The molecule has 0 amide bonds. The summed E-state index contributed by atoms with van der Waals surface area (Å²) in [6.07, 6.45) is 4.29. The van der Waals surface area contributed by atoms with Gasteiger partial charge in [0.25, 0.3) is 0 Å². The summed E-state index contributed by atoms with van der Waals surface area (Å²) in [4.78, 5) is 10.9. The number of hydrogen-bond acceptors (Lipinski definition) is 4. The molecule has 1 aromatic heterocycles. The van der Waals surface area contributed by atoms with Crippen molar-refractivity contribution < 1.29 is 19.4 Å². The molecule has 3 N–H and O–H groups in total. The number of nitrogens with one attached hydrogen (secondary N) is 1. The summed E-state index contributed by atoms with van der Waals surface area (Å²) in [5.41, 5.74) is 0.205. The largest absolute Gasteiger partial charge is 0.478 e. The zero-order chi connectivity index (χ0) is 13.4. The van der Waals surface area contributed by atoms with E-state index in [1.807, 2.05) is 0 Å². The monoisotopic (exact) mass is 255 g/mol. The van der Waals surface area contributed by atoms with Gasteiger partial charge < -0.3 is 19.9 Å². The Morgan fingerprint density at radius 2 is 2.28 bits per heavy atom. The predicted octanol–water partition coefficient (Wildman–Crippen LogP) is 1.87. The highest BCUT2D eigenvalue weighted by Gasteiger charge is 2.13. The van der Waals surface area contributed by atoms with E-state index in [0.29, 0.717) is 18.2 Å². The van der Waals surface area contributed by atoms with Crippen molar-refractivity contribution in [3.63, 3.8) is 0 Å². The van der Waals surface area contributed by atoms with Crippen LogP contribution < -0.4 is 5.32 Å². The lowest BCUT2D eigenvalue weighted by atomic mass is 10.0. The first-order valence-electron chi connectivity index (χ1n) is 6.30. The molecule has 0 fully saturated rings. The van der Waals surface area contributed by atoms with Gasteiger partial charge in [0.05, 0.1) is 12.8 Å². The van der Waals surface area contributed by atoms with E-state index in [9.17, 15) is 4.79 Å². The van der Waals surface area contributed by atoms with Gasteiger partial charge in [-0.1, -0.05) is 13.3 Å². The summed E-state index contributed by atoms with van der Waals surface area (Å²) in [6.45, 7) is 3.46. The molecule has 1 aromatic rings. The second kappa shape index (κ2) is 7.89. The number of carbonyl (C=O) groups is 1. The molecule has 0 aliphatic rings. The number of aliphatic hydroxyl groups is 1. The van der Waals surface area contributed by atoms with E-state index in [1.165, 1.54) is 12.3 Å². The highest BCUT2D eigenvalue weighted by molar-refractivity contribution is 5.88. The number of aliphatic hydroxyl groups excluding tert-OH is 1. The third kappa shape index (κ3) is 4.50. The van der Waals surface area contributed by atoms with Gasteiger partial charge in [-0.3, -0.25) is 0 Å². The van der Waals surface area contributed by atoms with E-state index >= 15 is 0 Å². The number of carboxylic acids is 1. The number of furan rings is 1. The number of aromatic carboxylic acids is 1. The van der Waals surface area contributed by atoms with Gasteiger partial charge in [-0.2, -0.15) is 0 Å². The van der Waals surface area contributed by atoms with Crippen LogP contribution in [0.5, 0.6) is 0 Å². The molecule has 1 heterocycles. The first kappa shape index (κ1) is 14.7. The summed E-state index contributed by atoms with van der Waals surface area (Å²) in [5.74, 6) is -0.106. The van der Waals surface area contributed by atoms with Gasteiger partial charge in [0.2, 0.25) is 0 Å². The Morgan fingerprint density at radius 1 is 1.50 bits per heavy atom. The molecule has 1 unspecified atom stereocenters. The third-order valence-corrected chi connectivity index (χ3v) is 2.93. The molecule has 0 aromatic carbocycles. The molecule has 5 nitrogen and oxygen atoms in total. The lowest BCUT2D eigenvalue weighted by Crippen LogP contribution is -2.23. The van der Waals surface area contributed by atoms with Gasteiger partial charge in [-0.25, -0.2) is 4.79 Å². The van der Waals surface area contributed by atoms with Gasteiger partial charge in [-0.05, 0) is 31.4 Å². The maximum Gasteiger partial charge on any atom is 0.339 e. The fourth-order valence-electron chi connectivity index (χ4n) is 2.00. The van der Waals surface area contributed by atoms with Gasteiger partial charge >= 0.3 is 5.97 Å². The van der Waals surface area contributed by atoms with E-state index in [4.69, 9.17) is 14.6 Å². The van der Waals surface area contributed by atoms with E-state index < -0.39 is 5.97 Å². The molecule has 1 rings (SSSR count). The molecule has 102 valence electrons. The molecule has 18 heavy (non-hydrogen) atoms. The van der Waals surface area contributed by atoms with Gasteiger partial charge in [0, 0.05) is 6.61 Å². The second-order valence-corrected chi connectivity index (χ2v) is 4.36. The minimum absolute atomic E-state index is 0.188. The van der Waals surface area contributed by atoms with E-state index in [0.717, 1.165) is 25.8 Å². The van der Waals surface area contributed by atoms with Crippen molar-refractivity contribution in [3.05, 3.63) is 23.7 Å². The molecule has 0 radical (unpaired) electrons. The quantitative estimate of drug-likeness (QED) is 0.627. The normalized spacial score (nSPS) is 12.6. The van der Waals surface area contributed by atoms with Crippen LogP contribution in [0.1, 0.15) is 42.3 Å². The summed E-state index contributed by atoms with van der Waals surface area (Å²) in [5, 5.41) is 21.0. The highest BCUT2D eigenvalue weighted by Crippen LogP contribution is 2.12. The Kier molecular flexibility index (Phi) is 6.46. The maximum atomic E-state index is 10.9. The van der Waals surface area contributed by atoms with Crippen LogP contribution in [-0.4, -0.2) is 29.3 Å². The lowest BCUT2D eigenvalue weighted by molar-refractivity contribution is 0.0694. The highest BCUT2D eigenvalue weighted by atomic mass is 16.4. The van der Waals surface area contributed by atoms with Crippen molar-refractivity contribution >= 4 is 5.97 Å². The molecular formula is C13H21NO4. The van der Waals surface area contributed by atoms with Crippen LogP contribution in [0.3, 0.4) is 0 Å². The minimum atomic E-state index is -0.971. The summed E-state index contributed by atoms with van der Waals surface area (Å²) in [7, 11) is 0. The SMILES string of the molecule is CCCC(CCO)CNCc1occc1C(=O)O. The Hall–Kier alpha value is -1.33. The molecule has 0 spiro atoms. The fraction of sp³-hybridized carbons (Fsp3) is 0.615. The zero-order valence-corrected chi connectivity index (χ0v) is 10.7. The Labute approximate surface area is 107 Å². The summed E-state index contributed by atoms with van der Waals surface area (Å²) >= 11 is 0. The average Bonchev–Trinajstić information content (AvgIpc) is 2.78. The minimum Gasteiger partial charge on any atom is -0.478 e.